The van der Waals surface area contributed by atoms with Crippen LogP contribution < -0.4 is 5.56 Å². The van der Waals surface area contributed by atoms with Crippen molar-refractivity contribution in [1.82, 2.24) is 9.78 Å². The zero-order valence-corrected chi connectivity index (χ0v) is 8.53. The highest BCUT2D eigenvalue weighted by atomic mass is 16.1. The van der Waals surface area contributed by atoms with Crippen molar-refractivity contribution in [3.8, 4) is 5.69 Å². The van der Waals surface area contributed by atoms with Crippen molar-refractivity contribution in [2.45, 2.75) is 6.92 Å². The summed E-state index contributed by atoms with van der Waals surface area (Å²) < 4.78 is 1.52. The van der Waals surface area contributed by atoms with Crippen LogP contribution in [0.3, 0.4) is 0 Å². The fourth-order valence-electron chi connectivity index (χ4n) is 1.56. The summed E-state index contributed by atoms with van der Waals surface area (Å²) in [6, 6.07) is 9.46. The molecule has 1 N–H and O–H groups in total. The maximum absolute atomic E-state index is 11.9. The lowest BCUT2D eigenvalue weighted by Crippen LogP contribution is -2.15. The van der Waals surface area contributed by atoms with Gasteiger partial charge in [-0.15, -0.1) is 0 Å². The number of para-hydroxylation sites is 1. The van der Waals surface area contributed by atoms with Crippen LogP contribution in [0.15, 0.2) is 41.7 Å². The lowest BCUT2D eigenvalue weighted by atomic mass is 10.2. The summed E-state index contributed by atoms with van der Waals surface area (Å²) in [5.41, 5.74) is 2.23. The van der Waals surface area contributed by atoms with Crippen LogP contribution in [-0.4, -0.2) is 9.78 Å². The van der Waals surface area contributed by atoms with E-state index in [4.69, 9.17) is 0 Å². The van der Waals surface area contributed by atoms with Gasteiger partial charge in [0.15, 0.2) is 0 Å². The van der Waals surface area contributed by atoms with Gasteiger partial charge in [-0.1, -0.05) is 30.9 Å². The third-order valence-electron chi connectivity index (χ3n) is 2.34. The minimum atomic E-state index is -0.0614. The van der Waals surface area contributed by atoms with Crippen molar-refractivity contribution < 1.29 is 0 Å². The van der Waals surface area contributed by atoms with Gasteiger partial charge in [0, 0.05) is 5.69 Å². The average molecular weight is 200 g/mol. The first kappa shape index (κ1) is 9.52. The largest absolute Gasteiger partial charge is 0.295 e. The van der Waals surface area contributed by atoms with Crippen LogP contribution in [0.1, 0.15) is 11.3 Å². The van der Waals surface area contributed by atoms with Crippen LogP contribution in [0.4, 0.5) is 0 Å². The number of aromatic amines is 1. The highest BCUT2D eigenvalue weighted by molar-refractivity contribution is 5.49. The fourth-order valence-corrected chi connectivity index (χ4v) is 1.56. The van der Waals surface area contributed by atoms with Gasteiger partial charge < -0.3 is 0 Å². The number of H-pyrrole nitrogens is 1. The van der Waals surface area contributed by atoms with Gasteiger partial charge in [0.2, 0.25) is 0 Å². The molecule has 15 heavy (non-hydrogen) atoms. The number of benzene rings is 1. The van der Waals surface area contributed by atoms with Gasteiger partial charge in [-0.05, 0) is 19.1 Å². The summed E-state index contributed by atoms with van der Waals surface area (Å²) in [5, 5.41) is 3.01. The Labute approximate surface area is 87.7 Å². The monoisotopic (exact) mass is 200 g/mol. The smallest absolute Gasteiger partial charge is 0.278 e. The van der Waals surface area contributed by atoms with E-state index in [-0.39, 0.29) is 5.56 Å². The summed E-state index contributed by atoms with van der Waals surface area (Å²) in [6.07, 6.45) is 1.58. The minimum absolute atomic E-state index is 0.0614. The van der Waals surface area contributed by atoms with E-state index in [0.717, 1.165) is 11.4 Å². The van der Waals surface area contributed by atoms with Crippen molar-refractivity contribution in [3.05, 3.63) is 58.5 Å². The highest BCUT2D eigenvalue weighted by Crippen LogP contribution is 2.06. The van der Waals surface area contributed by atoms with E-state index < -0.39 is 0 Å². The predicted molar refractivity (Wildman–Crippen MR) is 61.2 cm³/mol. The second kappa shape index (κ2) is 3.61. The van der Waals surface area contributed by atoms with Crippen molar-refractivity contribution >= 4 is 6.08 Å². The average Bonchev–Trinajstić information content (AvgIpc) is 2.55. The number of aryl methyl sites for hydroxylation is 1. The molecule has 1 heterocycles. The van der Waals surface area contributed by atoms with E-state index in [0.29, 0.717) is 5.56 Å². The van der Waals surface area contributed by atoms with Gasteiger partial charge >= 0.3 is 0 Å². The molecule has 0 atom stereocenters. The van der Waals surface area contributed by atoms with Gasteiger partial charge in [-0.25, -0.2) is 4.68 Å². The molecule has 0 aliphatic rings. The van der Waals surface area contributed by atoms with E-state index in [9.17, 15) is 4.79 Å². The molecule has 0 aliphatic heterocycles. The summed E-state index contributed by atoms with van der Waals surface area (Å²) in [6.45, 7) is 5.49. The molecule has 2 aromatic rings. The van der Waals surface area contributed by atoms with E-state index >= 15 is 0 Å². The maximum atomic E-state index is 11.9. The molecule has 0 bridgehead atoms. The normalized spacial score (nSPS) is 10.2. The van der Waals surface area contributed by atoms with E-state index in [1.165, 1.54) is 4.68 Å². The number of hydrogen-bond acceptors (Lipinski definition) is 1. The molecule has 2 rings (SSSR count). The Bertz CT molecular complexity index is 534. The summed E-state index contributed by atoms with van der Waals surface area (Å²) in [5.74, 6) is 0. The molecule has 0 fully saturated rings. The maximum Gasteiger partial charge on any atom is 0.278 e. The topological polar surface area (TPSA) is 37.8 Å². The lowest BCUT2D eigenvalue weighted by Gasteiger charge is -1.99. The van der Waals surface area contributed by atoms with Crippen LogP contribution in [0, 0.1) is 6.92 Å². The third kappa shape index (κ3) is 1.52. The van der Waals surface area contributed by atoms with Crippen LogP contribution in [0.5, 0.6) is 0 Å². The first-order valence-corrected chi connectivity index (χ1v) is 4.73. The molecule has 76 valence electrons. The number of hydrogen-bond donors (Lipinski definition) is 1. The Balaban J connectivity index is 2.66. The Kier molecular flexibility index (Phi) is 2.29. The van der Waals surface area contributed by atoms with Crippen molar-refractivity contribution in [2.24, 2.45) is 0 Å². The quantitative estimate of drug-likeness (QED) is 0.792. The molecule has 0 radical (unpaired) electrons. The van der Waals surface area contributed by atoms with Crippen LogP contribution in [0.2, 0.25) is 0 Å². The van der Waals surface area contributed by atoms with Crippen LogP contribution >= 0.6 is 0 Å². The standard InChI is InChI=1S/C12H12N2O/c1-3-11-9(2)13-14(12(11)15)10-7-5-4-6-8-10/h3-8,13H,1H2,2H3. The highest BCUT2D eigenvalue weighted by Gasteiger charge is 2.08. The zero-order valence-electron chi connectivity index (χ0n) is 8.53. The molecule has 0 saturated heterocycles. The van der Waals surface area contributed by atoms with E-state index in [1.807, 2.05) is 37.3 Å². The Hall–Kier alpha value is -2.03. The van der Waals surface area contributed by atoms with Crippen LogP contribution in [0.25, 0.3) is 11.8 Å². The van der Waals surface area contributed by atoms with Gasteiger partial charge in [0.05, 0.1) is 11.3 Å². The Morgan fingerprint density at radius 1 is 1.33 bits per heavy atom. The Morgan fingerprint density at radius 2 is 2.00 bits per heavy atom. The molecule has 3 heteroatoms. The molecule has 0 spiro atoms. The Morgan fingerprint density at radius 3 is 2.53 bits per heavy atom. The molecule has 0 unspecified atom stereocenters. The molecule has 0 saturated carbocycles. The van der Waals surface area contributed by atoms with Crippen LogP contribution in [-0.2, 0) is 0 Å². The van der Waals surface area contributed by atoms with Gasteiger partial charge in [0.25, 0.3) is 5.56 Å². The summed E-state index contributed by atoms with van der Waals surface area (Å²) in [7, 11) is 0. The third-order valence-corrected chi connectivity index (χ3v) is 2.34. The van der Waals surface area contributed by atoms with E-state index in [1.54, 1.807) is 6.08 Å². The SMILES string of the molecule is C=Cc1c(C)[nH]n(-c2ccccc2)c1=O. The van der Waals surface area contributed by atoms with E-state index in [2.05, 4.69) is 11.7 Å². The second-order valence-corrected chi connectivity index (χ2v) is 3.33. The number of aromatic nitrogens is 2. The molecular weight excluding hydrogens is 188 g/mol. The number of rotatable bonds is 2. The minimum Gasteiger partial charge on any atom is -0.295 e. The van der Waals surface area contributed by atoms with Gasteiger partial charge in [-0.2, -0.15) is 0 Å². The summed E-state index contributed by atoms with van der Waals surface area (Å²) >= 11 is 0. The van der Waals surface area contributed by atoms with Crippen molar-refractivity contribution in [3.63, 3.8) is 0 Å². The van der Waals surface area contributed by atoms with Crippen molar-refractivity contribution in [1.29, 1.82) is 0 Å². The molecule has 0 aliphatic carbocycles. The molecular formula is C12H12N2O. The molecule has 1 aromatic carbocycles. The fraction of sp³-hybridized carbons (Fsp3) is 0.0833. The number of nitrogens with one attached hydrogen (secondary N) is 1. The number of nitrogens with zero attached hydrogens (tertiary/aromatic N) is 1. The molecule has 3 nitrogen and oxygen atoms in total. The lowest BCUT2D eigenvalue weighted by molar-refractivity contribution is 0.835. The molecule has 0 amide bonds. The predicted octanol–water partition coefficient (Wildman–Crippen LogP) is 2.12. The van der Waals surface area contributed by atoms with Gasteiger partial charge in [0.1, 0.15) is 0 Å². The van der Waals surface area contributed by atoms with Gasteiger partial charge in [-0.3, -0.25) is 9.89 Å². The summed E-state index contributed by atoms with van der Waals surface area (Å²) in [4.78, 5) is 11.9. The first-order valence-electron chi connectivity index (χ1n) is 4.73. The first-order chi connectivity index (χ1) is 7.24. The van der Waals surface area contributed by atoms with Crippen molar-refractivity contribution in [2.75, 3.05) is 0 Å². The molecule has 1 aromatic heterocycles. The second-order valence-electron chi connectivity index (χ2n) is 3.33. The zero-order chi connectivity index (χ0) is 10.8.